The van der Waals surface area contributed by atoms with Crippen LogP contribution in [-0.4, -0.2) is 47.6 Å². The van der Waals surface area contributed by atoms with E-state index in [4.69, 9.17) is 0 Å². The number of alkyl halides is 2. The maximum atomic E-state index is 12.5. The third-order valence-corrected chi connectivity index (χ3v) is 6.13. The van der Waals surface area contributed by atoms with Crippen molar-refractivity contribution in [2.24, 2.45) is 5.92 Å². The average Bonchev–Trinajstić information content (AvgIpc) is 3.06. The first kappa shape index (κ1) is 23.3. The molecule has 0 saturated heterocycles. The lowest BCUT2D eigenvalue weighted by Crippen LogP contribution is -2.25. The fourth-order valence-electron chi connectivity index (χ4n) is 2.65. The van der Waals surface area contributed by atoms with Crippen LogP contribution in [0.2, 0.25) is 0 Å². The van der Waals surface area contributed by atoms with E-state index >= 15 is 0 Å². The van der Waals surface area contributed by atoms with Gasteiger partial charge in [-0.15, -0.1) is 10.2 Å². The fourth-order valence-corrected chi connectivity index (χ4v) is 3.90. The summed E-state index contributed by atoms with van der Waals surface area (Å²) in [5.41, 5.74) is 0.200. The fraction of sp³-hybridized carbons (Fsp3) is 0.500. The molecule has 0 fully saturated rings. The largest absolute Gasteiger partial charge is 0.352 e. The van der Waals surface area contributed by atoms with Crippen molar-refractivity contribution >= 4 is 27.5 Å². The summed E-state index contributed by atoms with van der Waals surface area (Å²) in [4.78, 5) is 11.7. The minimum absolute atomic E-state index is 0.200. The smallest absolute Gasteiger partial charge is 0.341 e. The molecule has 0 saturated carbocycles. The van der Waals surface area contributed by atoms with Gasteiger partial charge in [0.1, 0.15) is 5.82 Å². The number of thioether (sulfide) groups is 1. The number of hydrogen-bond donors (Lipinski definition) is 1. The first-order valence-electron chi connectivity index (χ1n) is 9.03. The lowest BCUT2D eigenvalue weighted by molar-refractivity contribution is 0.0953. The van der Waals surface area contributed by atoms with E-state index in [1.54, 1.807) is 0 Å². The Bertz CT molecular complexity index is 929. The SMILES string of the molecule is CSc1nnc(CCCNC(=O)c2ccc(S(=O)(=O)C(F)F)cc2)n1CC(C)C. The summed E-state index contributed by atoms with van der Waals surface area (Å²) in [5.74, 6) is -2.59. The molecule has 160 valence electrons. The van der Waals surface area contributed by atoms with Crippen LogP contribution in [0.4, 0.5) is 8.78 Å². The number of nitrogens with one attached hydrogen (secondary N) is 1. The number of nitrogens with zero attached hydrogens (tertiary/aromatic N) is 3. The van der Waals surface area contributed by atoms with E-state index in [0.717, 1.165) is 29.7 Å². The molecule has 0 bridgehead atoms. The quantitative estimate of drug-likeness (QED) is 0.445. The minimum atomic E-state index is -4.67. The molecular formula is C18H24F2N4O3S2. The van der Waals surface area contributed by atoms with E-state index in [-0.39, 0.29) is 5.56 Å². The van der Waals surface area contributed by atoms with Crippen molar-refractivity contribution in [2.75, 3.05) is 12.8 Å². The summed E-state index contributed by atoms with van der Waals surface area (Å²) < 4.78 is 50.0. The molecule has 0 radical (unpaired) electrons. The molecule has 1 amide bonds. The van der Waals surface area contributed by atoms with Crippen LogP contribution >= 0.6 is 11.8 Å². The molecule has 1 aromatic carbocycles. The maximum Gasteiger partial charge on any atom is 0.341 e. The summed E-state index contributed by atoms with van der Waals surface area (Å²) in [6.07, 6.45) is 3.24. The number of sulfone groups is 1. The van der Waals surface area contributed by atoms with Crippen LogP contribution < -0.4 is 5.32 Å². The Morgan fingerprint density at radius 2 is 1.86 bits per heavy atom. The second kappa shape index (κ2) is 10.1. The lowest BCUT2D eigenvalue weighted by Gasteiger charge is -2.12. The van der Waals surface area contributed by atoms with Crippen molar-refractivity contribution in [1.29, 1.82) is 0 Å². The Morgan fingerprint density at radius 1 is 1.21 bits per heavy atom. The average molecular weight is 447 g/mol. The van der Waals surface area contributed by atoms with Crippen LogP contribution in [0.3, 0.4) is 0 Å². The molecule has 1 N–H and O–H groups in total. The molecule has 0 aliphatic rings. The number of aromatic nitrogens is 3. The molecule has 2 rings (SSSR count). The van der Waals surface area contributed by atoms with Crippen molar-refractivity contribution in [3.63, 3.8) is 0 Å². The Hall–Kier alpha value is -2.01. The highest BCUT2D eigenvalue weighted by molar-refractivity contribution is 7.98. The van der Waals surface area contributed by atoms with Gasteiger partial charge in [0.2, 0.25) is 9.84 Å². The molecule has 11 heteroatoms. The van der Waals surface area contributed by atoms with Gasteiger partial charge in [0.05, 0.1) is 4.90 Å². The highest BCUT2D eigenvalue weighted by Crippen LogP contribution is 2.19. The van der Waals surface area contributed by atoms with Gasteiger partial charge in [-0.3, -0.25) is 4.79 Å². The molecule has 0 spiro atoms. The topological polar surface area (TPSA) is 94.0 Å². The lowest BCUT2D eigenvalue weighted by atomic mass is 10.2. The number of rotatable bonds is 10. The zero-order chi connectivity index (χ0) is 21.6. The molecular weight excluding hydrogens is 422 g/mol. The van der Waals surface area contributed by atoms with Crippen LogP contribution in [0.5, 0.6) is 0 Å². The first-order chi connectivity index (χ1) is 13.7. The molecule has 0 aliphatic heterocycles. The summed E-state index contributed by atoms with van der Waals surface area (Å²) in [7, 11) is -4.67. The molecule has 1 aromatic heterocycles. The van der Waals surface area contributed by atoms with Gasteiger partial charge >= 0.3 is 5.76 Å². The maximum absolute atomic E-state index is 12.5. The van der Waals surface area contributed by atoms with E-state index in [1.165, 1.54) is 23.9 Å². The van der Waals surface area contributed by atoms with Crippen molar-refractivity contribution in [1.82, 2.24) is 20.1 Å². The van der Waals surface area contributed by atoms with Crippen LogP contribution in [0, 0.1) is 5.92 Å². The van der Waals surface area contributed by atoms with Crippen molar-refractivity contribution in [3.05, 3.63) is 35.7 Å². The third kappa shape index (κ3) is 5.99. The number of hydrogen-bond acceptors (Lipinski definition) is 6. The molecule has 0 atom stereocenters. The minimum Gasteiger partial charge on any atom is -0.352 e. The van der Waals surface area contributed by atoms with Crippen molar-refractivity contribution < 1.29 is 22.0 Å². The Balaban J connectivity index is 1.90. The van der Waals surface area contributed by atoms with Crippen LogP contribution in [-0.2, 0) is 22.8 Å². The van der Waals surface area contributed by atoms with Crippen LogP contribution in [0.1, 0.15) is 36.5 Å². The Kier molecular flexibility index (Phi) is 8.14. The second-order valence-corrected chi connectivity index (χ2v) is 9.49. The molecule has 2 aromatic rings. The van der Waals surface area contributed by atoms with E-state index in [0.29, 0.717) is 25.3 Å². The highest BCUT2D eigenvalue weighted by atomic mass is 32.2. The Morgan fingerprint density at radius 3 is 2.41 bits per heavy atom. The van der Waals surface area contributed by atoms with Gasteiger partial charge in [-0.25, -0.2) is 8.42 Å². The highest BCUT2D eigenvalue weighted by Gasteiger charge is 2.26. The molecule has 0 aliphatic carbocycles. The number of amides is 1. The van der Waals surface area contributed by atoms with Gasteiger partial charge in [0.25, 0.3) is 5.91 Å². The van der Waals surface area contributed by atoms with Crippen LogP contribution in [0.25, 0.3) is 0 Å². The standard InChI is InChI=1S/C18H24F2N4O3S2/c1-12(2)11-24-15(22-23-18(24)28-3)5-4-10-21-16(25)13-6-8-14(9-7-13)29(26,27)17(19)20/h6-9,12,17H,4-5,10-11H2,1-3H3,(H,21,25). The van der Waals surface area contributed by atoms with Gasteiger partial charge < -0.3 is 9.88 Å². The summed E-state index contributed by atoms with van der Waals surface area (Å²) in [5, 5.41) is 12.0. The normalized spacial score (nSPS) is 12.0. The summed E-state index contributed by atoms with van der Waals surface area (Å²) in [6.45, 7) is 5.44. The molecule has 7 nitrogen and oxygen atoms in total. The van der Waals surface area contributed by atoms with Crippen molar-refractivity contribution in [3.8, 4) is 0 Å². The third-order valence-electron chi connectivity index (χ3n) is 4.07. The predicted octanol–water partition coefficient (Wildman–Crippen LogP) is 3.01. The van der Waals surface area contributed by atoms with E-state index in [2.05, 4.69) is 33.9 Å². The van der Waals surface area contributed by atoms with Gasteiger partial charge in [-0.1, -0.05) is 25.6 Å². The number of aryl methyl sites for hydroxylation is 1. The van der Waals surface area contributed by atoms with Gasteiger partial charge in [-0.2, -0.15) is 8.78 Å². The van der Waals surface area contributed by atoms with E-state index < -0.39 is 26.4 Å². The van der Waals surface area contributed by atoms with Crippen LogP contribution in [0.15, 0.2) is 34.3 Å². The van der Waals surface area contributed by atoms with E-state index in [1.807, 2.05) is 6.26 Å². The zero-order valence-corrected chi connectivity index (χ0v) is 18.1. The number of benzene rings is 1. The predicted molar refractivity (Wildman–Crippen MR) is 107 cm³/mol. The first-order valence-corrected chi connectivity index (χ1v) is 11.8. The zero-order valence-electron chi connectivity index (χ0n) is 16.4. The molecule has 1 heterocycles. The molecule has 29 heavy (non-hydrogen) atoms. The van der Waals surface area contributed by atoms with Gasteiger partial charge in [-0.05, 0) is 42.9 Å². The number of carbonyl (C=O) groups excluding carboxylic acids is 1. The second-order valence-electron chi connectivity index (χ2n) is 6.80. The van der Waals surface area contributed by atoms with E-state index in [9.17, 15) is 22.0 Å². The number of carbonyl (C=O) groups is 1. The van der Waals surface area contributed by atoms with Gasteiger partial charge in [0.15, 0.2) is 5.16 Å². The molecule has 0 unspecified atom stereocenters. The van der Waals surface area contributed by atoms with Crippen molar-refractivity contribution in [2.45, 2.75) is 49.0 Å². The number of halogens is 2. The summed E-state index contributed by atoms with van der Waals surface area (Å²) in [6, 6.07) is 4.45. The van der Waals surface area contributed by atoms with Gasteiger partial charge in [0, 0.05) is 25.1 Å². The Labute approximate surface area is 173 Å². The monoisotopic (exact) mass is 446 g/mol. The summed E-state index contributed by atoms with van der Waals surface area (Å²) >= 11 is 1.53.